The summed E-state index contributed by atoms with van der Waals surface area (Å²) in [6.45, 7) is 5.76. The van der Waals surface area contributed by atoms with Crippen LogP contribution in [0.1, 0.15) is 42.3 Å². The average molecular weight is 310 g/mol. The van der Waals surface area contributed by atoms with Crippen molar-refractivity contribution in [2.24, 2.45) is 0 Å². The van der Waals surface area contributed by atoms with Crippen LogP contribution in [0.5, 0.6) is 11.5 Å². The molecule has 2 aromatic carbocycles. The molecule has 0 radical (unpaired) electrons. The largest absolute Gasteiger partial charge is 0.478 e. The zero-order valence-electron chi connectivity index (χ0n) is 13.3. The molecule has 2 aromatic rings. The van der Waals surface area contributed by atoms with Gasteiger partial charge in [0.15, 0.2) is 11.5 Å². The molecule has 0 saturated carbocycles. The second kappa shape index (κ2) is 5.47. The van der Waals surface area contributed by atoms with Crippen LogP contribution in [0, 0.1) is 0 Å². The van der Waals surface area contributed by atoms with E-state index in [9.17, 15) is 4.79 Å². The molecule has 0 amide bonds. The van der Waals surface area contributed by atoms with Gasteiger partial charge >= 0.3 is 5.97 Å². The first-order valence-corrected chi connectivity index (χ1v) is 7.38. The van der Waals surface area contributed by atoms with E-state index in [1.54, 1.807) is 24.3 Å². The van der Waals surface area contributed by atoms with Crippen LogP contribution in [-0.4, -0.2) is 16.9 Å². The molecule has 4 nitrogen and oxygen atoms in total. The van der Waals surface area contributed by atoms with Gasteiger partial charge in [0.05, 0.1) is 5.56 Å². The van der Waals surface area contributed by atoms with Gasteiger partial charge < -0.3 is 14.6 Å². The molecule has 0 bridgehead atoms. The molecule has 1 aliphatic heterocycles. The Morgan fingerprint density at radius 1 is 1.00 bits per heavy atom. The normalized spacial score (nSPS) is 15.5. The van der Waals surface area contributed by atoms with Gasteiger partial charge in [0, 0.05) is 13.8 Å². The van der Waals surface area contributed by atoms with E-state index in [4.69, 9.17) is 14.6 Å². The minimum absolute atomic E-state index is 0.283. The number of aromatic carboxylic acids is 1. The maximum atomic E-state index is 10.9. The minimum Gasteiger partial charge on any atom is -0.478 e. The fraction of sp³-hybridized carbons (Fsp3) is 0.211. The van der Waals surface area contributed by atoms with E-state index in [0.717, 1.165) is 28.2 Å². The van der Waals surface area contributed by atoms with E-state index in [2.05, 4.69) is 0 Å². The molecular weight excluding hydrogens is 292 g/mol. The van der Waals surface area contributed by atoms with Crippen molar-refractivity contribution in [1.29, 1.82) is 0 Å². The number of fused-ring (bicyclic) bond motifs is 1. The molecular formula is C19H18O4. The van der Waals surface area contributed by atoms with Crippen LogP contribution in [0.2, 0.25) is 0 Å². The Balaban J connectivity index is 1.86. The van der Waals surface area contributed by atoms with Crippen LogP contribution in [0.15, 0.2) is 42.5 Å². The Morgan fingerprint density at radius 2 is 1.61 bits per heavy atom. The van der Waals surface area contributed by atoms with Crippen LogP contribution in [0.3, 0.4) is 0 Å². The standard InChI is InChI=1S/C19H18O4/c1-12(10-13-4-6-14(7-5-13)18(20)21)15-8-9-16-17(11-15)23-19(2,3)22-16/h4-11H,1-3H3,(H,20,21)/b12-10+. The third kappa shape index (κ3) is 3.21. The zero-order chi connectivity index (χ0) is 16.6. The molecule has 23 heavy (non-hydrogen) atoms. The predicted octanol–water partition coefficient (Wildman–Crippen LogP) is 4.45. The summed E-state index contributed by atoms with van der Waals surface area (Å²) >= 11 is 0. The van der Waals surface area contributed by atoms with Gasteiger partial charge in [-0.3, -0.25) is 0 Å². The van der Waals surface area contributed by atoms with E-state index < -0.39 is 11.8 Å². The lowest BCUT2D eigenvalue weighted by molar-refractivity contribution is -0.0431. The number of allylic oxidation sites excluding steroid dienone is 1. The Labute approximate surface area is 135 Å². The average Bonchev–Trinajstić information content (AvgIpc) is 2.80. The summed E-state index contributed by atoms with van der Waals surface area (Å²) in [6.07, 6.45) is 2.01. The van der Waals surface area contributed by atoms with Crippen molar-refractivity contribution in [3.8, 4) is 11.5 Å². The molecule has 0 unspecified atom stereocenters. The lowest BCUT2D eigenvalue weighted by Crippen LogP contribution is -2.29. The van der Waals surface area contributed by atoms with Crippen LogP contribution in [-0.2, 0) is 0 Å². The molecule has 0 aromatic heterocycles. The molecule has 0 spiro atoms. The minimum atomic E-state index is -0.921. The van der Waals surface area contributed by atoms with Crippen LogP contribution in [0.25, 0.3) is 11.6 Å². The summed E-state index contributed by atoms with van der Waals surface area (Å²) in [5.41, 5.74) is 3.33. The van der Waals surface area contributed by atoms with Crippen molar-refractivity contribution < 1.29 is 19.4 Å². The van der Waals surface area contributed by atoms with Gasteiger partial charge in [-0.1, -0.05) is 24.3 Å². The third-order valence-corrected chi connectivity index (χ3v) is 3.65. The van der Waals surface area contributed by atoms with E-state index in [1.165, 1.54) is 0 Å². The van der Waals surface area contributed by atoms with Gasteiger partial charge in [-0.15, -0.1) is 0 Å². The number of rotatable bonds is 3. The molecule has 0 aliphatic carbocycles. The van der Waals surface area contributed by atoms with E-state index >= 15 is 0 Å². The molecule has 1 heterocycles. The highest BCUT2D eigenvalue weighted by Gasteiger charge is 2.31. The zero-order valence-corrected chi connectivity index (χ0v) is 13.3. The van der Waals surface area contributed by atoms with E-state index in [-0.39, 0.29) is 5.56 Å². The number of benzene rings is 2. The molecule has 1 N–H and O–H groups in total. The Hall–Kier alpha value is -2.75. The van der Waals surface area contributed by atoms with Crippen molar-refractivity contribution in [2.45, 2.75) is 26.6 Å². The smallest absolute Gasteiger partial charge is 0.335 e. The molecule has 118 valence electrons. The first-order chi connectivity index (χ1) is 10.8. The number of hydrogen-bond acceptors (Lipinski definition) is 3. The number of ether oxygens (including phenoxy) is 2. The number of carboxylic acid groups (broad SMARTS) is 1. The van der Waals surface area contributed by atoms with Gasteiger partial charge in [0.25, 0.3) is 0 Å². The van der Waals surface area contributed by atoms with Crippen LogP contribution in [0.4, 0.5) is 0 Å². The van der Waals surface area contributed by atoms with Crippen molar-refractivity contribution in [3.05, 3.63) is 59.2 Å². The predicted molar refractivity (Wildman–Crippen MR) is 88.7 cm³/mol. The highest BCUT2D eigenvalue weighted by atomic mass is 16.7. The summed E-state index contributed by atoms with van der Waals surface area (Å²) in [4.78, 5) is 10.9. The number of carbonyl (C=O) groups is 1. The fourth-order valence-electron chi connectivity index (χ4n) is 2.52. The number of carboxylic acids is 1. The van der Waals surface area contributed by atoms with Gasteiger partial charge in [-0.2, -0.15) is 0 Å². The van der Waals surface area contributed by atoms with Crippen molar-refractivity contribution in [3.63, 3.8) is 0 Å². The molecule has 4 heteroatoms. The summed E-state index contributed by atoms with van der Waals surface area (Å²) in [6, 6.07) is 12.6. The SMILES string of the molecule is C/C(=C\c1ccc(C(=O)O)cc1)c1ccc2c(c1)OC(C)(C)O2. The van der Waals surface area contributed by atoms with Gasteiger partial charge in [-0.25, -0.2) is 4.79 Å². The Kier molecular flexibility index (Phi) is 3.60. The van der Waals surface area contributed by atoms with E-state index in [1.807, 2.05) is 45.0 Å². The van der Waals surface area contributed by atoms with Crippen molar-refractivity contribution >= 4 is 17.6 Å². The molecule has 1 aliphatic rings. The van der Waals surface area contributed by atoms with Gasteiger partial charge in [0.1, 0.15) is 0 Å². The molecule has 0 fully saturated rings. The first kappa shape index (κ1) is 15.2. The topological polar surface area (TPSA) is 55.8 Å². The maximum absolute atomic E-state index is 10.9. The summed E-state index contributed by atoms with van der Waals surface area (Å²) in [5, 5.41) is 8.93. The fourth-order valence-corrected chi connectivity index (χ4v) is 2.52. The second-order valence-corrected chi connectivity index (χ2v) is 6.02. The van der Waals surface area contributed by atoms with Crippen molar-refractivity contribution in [2.75, 3.05) is 0 Å². The summed E-state index contributed by atoms with van der Waals surface area (Å²) in [7, 11) is 0. The Bertz CT molecular complexity index is 786. The Morgan fingerprint density at radius 3 is 2.26 bits per heavy atom. The quantitative estimate of drug-likeness (QED) is 0.851. The summed E-state index contributed by atoms with van der Waals surface area (Å²) < 4.78 is 11.4. The first-order valence-electron chi connectivity index (χ1n) is 7.38. The third-order valence-electron chi connectivity index (χ3n) is 3.65. The summed E-state index contributed by atoms with van der Waals surface area (Å²) in [5.74, 6) is -0.0694. The molecule has 0 saturated heterocycles. The highest BCUT2D eigenvalue weighted by Crippen LogP contribution is 2.40. The second-order valence-electron chi connectivity index (χ2n) is 6.02. The lowest BCUT2D eigenvalue weighted by atomic mass is 10.0. The number of hydrogen-bond donors (Lipinski definition) is 1. The maximum Gasteiger partial charge on any atom is 0.335 e. The van der Waals surface area contributed by atoms with Crippen molar-refractivity contribution in [1.82, 2.24) is 0 Å². The van der Waals surface area contributed by atoms with Crippen LogP contribution >= 0.6 is 0 Å². The highest BCUT2D eigenvalue weighted by molar-refractivity contribution is 5.88. The van der Waals surface area contributed by atoms with Gasteiger partial charge in [0.2, 0.25) is 5.79 Å². The molecule has 0 atom stereocenters. The van der Waals surface area contributed by atoms with Gasteiger partial charge in [-0.05, 0) is 47.9 Å². The lowest BCUT2D eigenvalue weighted by Gasteiger charge is -2.16. The monoisotopic (exact) mass is 310 g/mol. The van der Waals surface area contributed by atoms with E-state index in [0.29, 0.717) is 0 Å². The van der Waals surface area contributed by atoms with Crippen LogP contribution < -0.4 is 9.47 Å². The molecule has 3 rings (SSSR count).